The van der Waals surface area contributed by atoms with Crippen molar-refractivity contribution in [2.24, 2.45) is 0 Å². The largest absolute Gasteiger partial charge is 0.381 e. The van der Waals surface area contributed by atoms with Crippen LogP contribution in [0.25, 0.3) is 0 Å². The summed E-state index contributed by atoms with van der Waals surface area (Å²) in [4.78, 5) is 38.0. The molecule has 0 radical (unpaired) electrons. The van der Waals surface area contributed by atoms with Crippen LogP contribution in [-0.4, -0.2) is 29.5 Å². The van der Waals surface area contributed by atoms with Gasteiger partial charge in [-0.05, 0) is 35.9 Å². The molecule has 138 valence electrons. The second kappa shape index (κ2) is 7.12. The number of carbonyl (C=O) groups excluding carboxylic acids is 3. The molecule has 1 N–H and O–H groups in total. The molecular weight excluding hydrogens is 352 g/mol. The van der Waals surface area contributed by atoms with Crippen LogP contribution >= 0.6 is 0 Å². The van der Waals surface area contributed by atoms with E-state index in [1.54, 1.807) is 36.4 Å². The summed E-state index contributed by atoms with van der Waals surface area (Å²) in [5.74, 6) is -0.577. The van der Waals surface area contributed by atoms with Gasteiger partial charge in [0.05, 0.1) is 11.1 Å². The zero-order valence-electron chi connectivity index (χ0n) is 15.3. The van der Waals surface area contributed by atoms with Crippen molar-refractivity contribution in [3.63, 3.8) is 0 Å². The summed E-state index contributed by atoms with van der Waals surface area (Å²) in [6, 6.07) is 21.6. The Balaban J connectivity index is 1.49. The summed E-state index contributed by atoms with van der Waals surface area (Å²) in [6.45, 7) is 0.405. The van der Waals surface area contributed by atoms with Crippen molar-refractivity contribution in [1.82, 2.24) is 4.90 Å². The zero-order valence-corrected chi connectivity index (χ0v) is 15.3. The zero-order chi connectivity index (χ0) is 19.7. The number of amides is 2. The molecule has 1 heterocycles. The highest BCUT2D eigenvalue weighted by molar-refractivity contribution is 6.21. The maximum Gasteiger partial charge on any atom is 0.261 e. The number of hydrogen-bond donors (Lipinski definition) is 1. The molecule has 3 aromatic carbocycles. The Kier molecular flexibility index (Phi) is 4.49. The van der Waals surface area contributed by atoms with Crippen LogP contribution in [0.3, 0.4) is 0 Å². The van der Waals surface area contributed by atoms with E-state index in [9.17, 15) is 14.4 Å². The summed E-state index contributed by atoms with van der Waals surface area (Å²) in [5, 5.41) is 3.25. The van der Waals surface area contributed by atoms with Gasteiger partial charge in [0.2, 0.25) is 0 Å². The molecule has 2 amide bonds. The predicted molar refractivity (Wildman–Crippen MR) is 107 cm³/mol. The van der Waals surface area contributed by atoms with Crippen molar-refractivity contribution >= 4 is 23.3 Å². The highest BCUT2D eigenvalue weighted by atomic mass is 16.2. The van der Waals surface area contributed by atoms with Crippen LogP contribution in [-0.2, 0) is 6.54 Å². The third-order valence-electron chi connectivity index (χ3n) is 4.87. The maximum absolute atomic E-state index is 12.5. The Morgan fingerprint density at radius 2 is 1.50 bits per heavy atom. The molecule has 5 nitrogen and oxygen atoms in total. The first kappa shape index (κ1) is 17.7. The molecule has 0 spiro atoms. The molecule has 28 heavy (non-hydrogen) atoms. The highest BCUT2D eigenvalue weighted by Crippen LogP contribution is 2.25. The molecule has 0 saturated carbocycles. The number of anilines is 1. The van der Waals surface area contributed by atoms with E-state index < -0.39 is 0 Å². The second-order valence-electron chi connectivity index (χ2n) is 6.64. The summed E-state index contributed by atoms with van der Waals surface area (Å²) in [5.41, 5.74) is 3.75. The van der Waals surface area contributed by atoms with Crippen LogP contribution < -0.4 is 5.32 Å². The van der Waals surface area contributed by atoms with Gasteiger partial charge in [-0.15, -0.1) is 0 Å². The van der Waals surface area contributed by atoms with Crippen molar-refractivity contribution < 1.29 is 14.4 Å². The van der Waals surface area contributed by atoms with Gasteiger partial charge in [0.15, 0.2) is 5.78 Å². The van der Waals surface area contributed by atoms with Gasteiger partial charge >= 0.3 is 0 Å². The monoisotopic (exact) mass is 370 g/mol. The summed E-state index contributed by atoms with van der Waals surface area (Å²) in [7, 11) is 1.49. The lowest BCUT2D eigenvalue weighted by Gasteiger charge is -2.10. The topological polar surface area (TPSA) is 66.5 Å². The van der Waals surface area contributed by atoms with Crippen LogP contribution in [0.2, 0.25) is 0 Å². The van der Waals surface area contributed by atoms with E-state index in [4.69, 9.17) is 0 Å². The normalized spacial score (nSPS) is 12.8. The Bertz CT molecular complexity index is 1070. The fraction of sp³-hybridized carbons (Fsp3) is 0.0870. The van der Waals surface area contributed by atoms with Crippen molar-refractivity contribution in [3.05, 3.63) is 101 Å². The van der Waals surface area contributed by atoms with Crippen molar-refractivity contribution in [3.8, 4) is 0 Å². The summed E-state index contributed by atoms with van der Waals surface area (Å²) < 4.78 is 0. The first-order valence-electron chi connectivity index (χ1n) is 8.94. The first-order chi connectivity index (χ1) is 13.6. The van der Waals surface area contributed by atoms with E-state index in [0.29, 0.717) is 28.8 Å². The second-order valence-corrected chi connectivity index (χ2v) is 6.64. The molecule has 0 atom stereocenters. The van der Waals surface area contributed by atoms with Gasteiger partial charge in [-0.2, -0.15) is 0 Å². The van der Waals surface area contributed by atoms with E-state index >= 15 is 0 Å². The molecule has 1 aliphatic heterocycles. The number of benzene rings is 3. The van der Waals surface area contributed by atoms with Gasteiger partial charge in [-0.1, -0.05) is 42.5 Å². The lowest BCUT2D eigenvalue weighted by Crippen LogP contribution is -2.24. The number of carbonyl (C=O) groups is 3. The Labute approximate surface area is 162 Å². The highest BCUT2D eigenvalue weighted by Gasteiger charge is 2.34. The van der Waals surface area contributed by atoms with Crippen molar-refractivity contribution in [2.75, 3.05) is 12.4 Å². The number of imide groups is 1. The molecule has 0 aromatic heterocycles. The Morgan fingerprint density at radius 3 is 2.21 bits per heavy atom. The fourth-order valence-corrected chi connectivity index (χ4v) is 3.31. The molecular formula is C23H18N2O3. The average Bonchev–Trinajstić information content (AvgIpc) is 2.97. The maximum atomic E-state index is 12.5. The molecule has 0 fully saturated rings. The quantitative estimate of drug-likeness (QED) is 0.549. The standard InChI is InChI=1S/C23H18N2O3/c1-25-22(27)19-9-5-8-17(20(19)23(25)28)14-24-18-12-10-16(11-13-18)21(26)15-6-3-2-4-7-15/h2-13,24H,14H2,1H3. The van der Waals surface area contributed by atoms with E-state index in [1.165, 1.54) is 7.05 Å². The number of rotatable bonds is 5. The van der Waals surface area contributed by atoms with Gasteiger partial charge < -0.3 is 5.32 Å². The minimum atomic E-state index is -0.277. The van der Waals surface area contributed by atoms with Gasteiger partial charge in [0.25, 0.3) is 11.8 Å². The minimum Gasteiger partial charge on any atom is -0.381 e. The van der Waals surface area contributed by atoms with Crippen LogP contribution in [0, 0.1) is 0 Å². The predicted octanol–water partition coefficient (Wildman–Crippen LogP) is 3.76. The van der Waals surface area contributed by atoms with Crippen LogP contribution in [0.15, 0.2) is 72.8 Å². The summed E-state index contributed by atoms with van der Waals surface area (Å²) in [6.07, 6.45) is 0. The number of fused-ring (bicyclic) bond motifs is 1. The lowest BCUT2D eigenvalue weighted by molar-refractivity contribution is 0.0692. The Hall–Kier alpha value is -3.73. The van der Waals surface area contributed by atoms with Crippen molar-refractivity contribution in [1.29, 1.82) is 0 Å². The van der Waals surface area contributed by atoms with Gasteiger partial charge in [0.1, 0.15) is 0 Å². The number of nitrogens with one attached hydrogen (secondary N) is 1. The SMILES string of the molecule is CN1C(=O)c2cccc(CNc3ccc(C(=O)c4ccccc4)cc3)c2C1=O. The molecule has 0 bridgehead atoms. The van der Waals surface area contributed by atoms with E-state index in [2.05, 4.69) is 5.32 Å². The smallest absolute Gasteiger partial charge is 0.261 e. The van der Waals surface area contributed by atoms with Gasteiger partial charge in [-0.3, -0.25) is 19.3 Å². The minimum absolute atomic E-state index is 0.0276. The molecule has 0 unspecified atom stereocenters. The van der Waals surface area contributed by atoms with Crippen LogP contribution in [0.4, 0.5) is 5.69 Å². The molecule has 0 aliphatic carbocycles. The third-order valence-corrected chi connectivity index (χ3v) is 4.87. The van der Waals surface area contributed by atoms with Crippen molar-refractivity contribution in [2.45, 2.75) is 6.54 Å². The van der Waals surface area contributed by atoms with Crippen LogP contribution in [0.5, 0.6) is 0 Å². The number of ketones is 1. The van der Waals surface area contributed by atoms with Gasteiger partial charge in [-0.25, -0.2) is 0 Å². The van der Waals surface area contributed by atoms with Crippen LogP contribution in [0.1, 0.15) is 42.2 Å². The lowest BCUT2D eigenvalue weighted by atomic mass is 10.0. The number of nitrogens with zero attached hydrogens (tertiary/aromatic N) is 1. The third kappa shape index (κ3) is 3.07. The first-order valence-corrected chi connectivity index (χ1v) is 8.94. The molecule has 0 saturated heterocycles. The number of hydrogen-bond acceptors (Lipinski definition) is 4. The van der Waals surface area contributed by atoms with E-state index in [-0.39, 0.29) is 17.6 Å². The van der Waals surface area contributed by atoms with E-state index in [0.717, 1.165) is 16.2 Å². The molecule has 5 heteroatoms. The average molecular weight is 370 g/mol. The molecule has 4 rings (SSSR count). The van der Waals surface area contributed by atoms with E-state index in [1.807, 2.05) is 36.4 Å². The van der Waals surface area contributed by atoms with Gasteiger partial charge in [0, 0.05) is 30.4 Å². The fourth-order valence-electron chi connectivity index (χ4n) is 3.31. The summed E-state index contributed by atoms with van der Waals surface area (Å²) >= 11 is 0. The molecule has 1 aliphatic rings. The Morgan fingerprint density at radius 1 is 0.821 bits per heavy atom. The molecule has 3 aromatic rings.